The average molecular weight is 425 g/mol. The summed E-state index contributed by atoms with van der Waals surface area (Å²) in [6, 6.07) is 9.39. The minimum atomic E-state index is -0.384. The highest BCUT2D eigenvalue weighted by Gasteiger charge is 2.14. The summed E-state index contributed by atoms with van der Waals surface area (Å²) in [6.45, 7) is 1.98. The van der Waals surface area contributed by atoms with Gasteiger partial charge in [0.1, 0.15) is 6.54 Å². The molecule has 2 heterocycles. The van der Waals surface area contributed by atoms with E-state index in [4.69, 9.17) is 4.74 Å². The number of thiazole rings is 1. The molecule has 24 heavy (non-hydrogen) atoms. The van der Waals surface area contributed by atoms with Crippen LogP contribution in [0.25, 0.3) is 10.2 Å². The number of rotatable bonds is 3. The molecule has 0 aliphatic heterocycles. The highest BCUT2D eigenvalue weighted by atomic mass is 79.9. The molecule has 0 bridgehead atoms. The molecule has 0 spiro atoms. The molecule has 0 radical (unpaired) electrons. The van der Waals surface area contributed by atoms with E-state index in [9.17, 15) is 9.59 Å². The first-order valence-corrected chi connectivity index (χ1v) is 9.42. The van der Waals surface area contributed by atoms with Crippen LogP contribution in [0.4, 0.5) is 0 Å². The van der Waals surface area contributed by atoms with Gasteiger partial charge in [0, 0.05) is 0 Å². The number of fused-ring (bicyclic) bond motifs is 1. The highest BCUT2D eigenvalue weighted by Crippen LogP contribution is 2.24. The lowest BCUT2D eigenvalue weighted by atomic mass is 10.2. The number of halogens is 1. The Labute approximate surface area is 154 Å². The maximum Gasteiger partial charge on any atom is 0.325 e. The van der Waals surface area contributed by atoms with E-state index in [1.807, 2.05) is 31.2 Å². The van der Waals surface area contributed by atoms with Gasteiger partial charge >= 0.3 is 5.97 Å². The molecule has 0 fully saturated rings. The van der Waals surface area contributed by atoms with Gasteiger partial charge in [-0.15, -0.1) is 11.3 Å². The van der Waals surface area contributed by atoms with Crippen LogP contribution in [0.2, 0.25) is 0 Å². The molecular formula is C16H13BrN2O3S2. The van der Waals surface area contributed by atoms with Gasteiger partial charge in [0.05, 0.1) is 26.0 Å². The molecule has 1 aromatic carbocycles. The van der Waals surface area contributed by atoms with Crippen LogP contribution in [-0.2, 0) is 16.1 Å². The summed E-state index contributed by atoms with van der Waals surface area (Å²) >= 11 is 6.05. The fourth-order valence-electron chi connectivity index (χ4n) is 2.30. The number of amides is 1. The maximum atomic E-state index is 12.4. The summed E-state index contributed by atoms with van der Waals surface area (Å²) in [5, 5.41) is 0. The standard InChI is InChI=1S/C16H13BrN2O3S2/c1-9-4-3-5-10-14(9)19(8-13(20)22-2)16(24-10)18-15(21)11-6-7-12(17)23-11/h3-7H,8H2,1-2H3. The van der Waals surface area contributed by atoms with Crippen molar-refractivity contribution in [1.29, 1.82) is 0 Å². The number of benzene rings is 1. The molecule has 2 aromatic heterocycles. The van der Waals surface area contributed by atoms with Crippen molar-refractivity contribution < 1.29 is 14.3 Å². The Bertz CT molecular complexity index is 1000. The molecule has 0 saturated carbocycles. The van der Waals surface area contributed by atoms with Gasteiger partial charge in [-0.3, -0.25) is 9.59 Å². The third-order valence-corrected chi connectivity index (χ3v) is 6.05. The van der Waals surface area contributed by atoms with Gasteiger partial charge in [-0.05, 0) is 46.6 Å². The molecule has 0 saturated heterocycles. The molecule has 0 atom stereocenters. The van der Waals surface area contributed by atoms with E-state index in [1.54, 1.807) is 10.6 Å². The maximum absolute atomic E-state index is 12.4. The van der Waals surface area contributed by atoms with Crippen LogP contribution in [0.1, 0.15) is 15.2 Å². The van der Waals surface area contributed by atoms with Crippen LogP contribution in [0.3, 0.4) is 0 Å². The third kappa shape index (κ3) is 3.35. The number of hydrogen-bond acceptors (Lipinski definition) is 5. The number of methoxy groups -OCH3 is 1. The predicted octanol–water partition coefficient (Wildman–Crippen LogP) is 3.75. The summed E-state index contributed by atoms with van der Waals surface area (Å²) in [7, 11) is 1.34. The van der Waals surface area contributed by atoms with Gasteiger partial charge in [-0.1, -0.05) is 23.5 Å². The Morgan fingerprint density at radius 2 is 2.04 bits per heavy atom. The van der Waals surface area contributed by atoms with E-state index in [0.29, 0.717) is 9.68 Å². The molecule has 0 aliphatic rings. The molecule has 5 nitrogen and oxygen atoms in total. The number of esters is 1. The number of carbonyl (C=O) groups excluding carboxylic acids is 2. The van der Waals surface area contributed by atoms with Gasteiger partial charge in [0.2, 0.25) is 0 Å². The van der Waals surface area contributed by atoms with Crippen molar-refractivity contribution in [2.24, 2.45) is 4.99 Å². The summed E-state index contributed by atoms with van der Waals surface area (Å²) in [6.07, 6.45) is 0. The topological polar surface area (TPSA) is 60.7 Å². The lowest BCUT2D eigenvalue weighted by Gasteiger charge is -2.05. The molecule has 0 aliphatic carbocycles. The first kappa shape index (κ1) is 17.1. The number of thiophene rings is 1. The number of ether oxygens (including phenoxy) is 1. The number of nitrogens with zero attached hydrogens (tertiary/aromatic N) is 2. The van der Waals surface area contributed by atoms with Crippen molar-refractivity contribution in [2.45, 2.75) is 13.5 Å². The van der Waals surface area contributed by atoms with E-state index >= 15 is 0 Å². The zero-order valence-corrected chi connectivity index (χ0v) is 16.1. The van der Waals surface area contributed by atoms with Crippen molar-refractivity contribution in [3.63, 3.8) is 0 Å². The summed E-state index contributed by atoms with van der Waals surface area (Å²) in [4.78, 5) is 29.4. The van der Waals surface area contributed by atoms with Crippen molar-refractivity contribution in [1.82, 2.24) is 4.57 Å². The van der Waals surface area contributed by atoms with E-state index in [0.717, 1.165) is 19.6 Å². The van der Waals surface area contributed by atoms with Crippen LogP contribution >= 0.6 is 38.6 Å². The largest absolute Gasteiger partial charge is 0.468 e. The van der Waals surface area contributed by atoms with Crippen LogP contribution in [0, 0.1) is 6.92 Å². The summed E-state index contributed by atoms with van der Waals surface area (Å²) < 4.78 is 8.35. The SMILES string of the molecule is COC(=O)Cn1c(=NC(=O)c2ccc(Br)s2)sc2cccc(C)c21. The Morgan fingerprint density at radius 3 is 2.71 bits per heavy atom. The molecule has 3 rings (SSSR count). The summed E-state index contributed by atoms with van der Waals surface area (Å²) in [5.41, 5.74) is 1.91. The molecule has 0 unspecified atom stereocenters. The average Bonchev–Trinajstić information content (AvgIpc) is 3.12. The molecular weight excluding hydrogens is 412 g/mol. The molecule has 0 N–H and O–H groups in total. The van der Waals surface area contributed by atoms with Crippen LogP contribution < -0.4 is 4.80 Å². The van der Waals surface area contributed by atoms with Gasteiger partial charge < -0.3 is 9.30 Å². The highest BCUT2D eigenvalue weighted by molar-refractivity contribution is 9.11. The van der Waals surface area contributed by atoms with Crippen LogP contribution in [-0.4, -0.2) is 23.6 Å². The molecule has 8 heteroatoms. The predicted molar refractivity (Wildman–Crippen MR) is 98.5 cm³/mol. The zero-order valence-electron chi connectivity index (χ0n) is 12.9. The Balaban J connectivity index is 2.17. The van der Waals surface area contributed by atoms with Gasteiger partial charge in [0.25, 0.3) is 5.91 Å². The number of carbonyl (C=O) groups is 2. The van der Waals surface area contributed by atoms with Crippen LogP contribution in [0.15, 0.2) is 39.1 Å². The first-order valence-electron chi connectivity index (χ1n) is 7.00. The fourth-order valence-corrected chi connectivity index (χ4v) is 4.68. The second kappa shape index (κ2) is 7.00. The van der Waals surface area contributed by atoms with Gasteiger partial charge in [0.15, 0.2) is 4.80 Å². The molecule has 3 aromatic rings. The zero-order chi connectivity index (χ0) is 17.3. The molecule has 124 valence electrons. The second-order valence-electron chi connectivity index (χ2n) is 4.99. The summed E-state index contributed by atoms with van der Waals surface area (Å²) in [5.74, 6) is -0.709. The van der Waals surface area contributed by atoms with E-state index < -0.39 is 0 Å². The van der Waals surface area contributed by atoms with Gasteiger partial charge in [-0.25, -0.2) is 0 Å². The van der Waals surface area contributed by atoms with Crippen LogP contribution in [0.5, 0.6) is 0 Å². The van der Waals surface area contributed by atoms with E-state index in [1.165, 1.54) is 29.8 Å². The third-order valence-electron chi connectivity index (χ3n) is 3.40. The second-order valence-corrected chi connectivity index (χ2v) is 8.46. The molecule has 1 amide bonds. The smallest absolute Gasteiger partial charge is 0.325 e. The number of hydrogen-bond donors (Lipinski definition) is 0. The van der Waals surface area contributed by atoms with Crippen molar-refractivity contribution in [3.8, 4) is 0 Å². The number of para-hydroxylation sites is 1. The van der Waals surface area contributed by atoms with Crippen molar-refractivity contribution >= 4 is 60.7 Å². The van der Waals surface area contributed by atoms with Gasteiger partial charge in [-0.2, -0.15) is 4.99 Å². The number of aromatic nitrogens is 1. The Morgan fingerprint density at radius 1 is 1.25 bits per heavy atom. The normalized spacial score (nSPS) is 11.9. The monoisotopic (exact) mass is 424 g/mol. The Hall–Kier alpha value is -1.77. The minimum absolute atomic E-state index is 0.0155. The minimum Gasteiger partial charge on any atom is -0.468 e. The number of aryl methyl sites for hydroxylation is 1. The quantitative estimate of drug-likeness (QED) is 0.601. The fraction of sp³-hybridized carbons (Fsp3) is 0.188. The lowest BCUT2D eigenvalue weighted by Crippen LogP contribution is -2.22. The van der Waals surface area contributed by atoms with Crippen molar-refractivity contribution in [2.75, 3.05) is 7.11 Å². The van der Waals surface area contributed by atoms with E-state index in [2.05, 4.69) is 20.9 Å². The van der Waals surface area contributed by atoms with E-state index in [-0.39, 0.29) is 18.4 Å². The lowest BCUT2D eigenvalue weighted by molar-refractivity contribution is -0.141. The van der Waals surface area contributed by atoms with Crippen molar-refractivity contribution in [3.05, 3.63) is 49.4 Å². The first-order chi connectivity index (χ1) is 11.5. The Kier molecular flexibility index (Phi) is 4.98.